The summed E-state index contributed by atoms with van der Waals surface area (Å²) in [6.07, 6.45) is -4.60. The molecule has 1 aliphatic rings. The molecule has 8 heteroatoms. The number of amides is 2. The molecule has 1 unspecified atom stereocenters. The zero-order valence-corrected chi connectivity index (χ0v) is 16.1. The highest BCUT2D eigenvalue weighted by Crippen LogP contribution is 2.37. The Balaban J connectivity index is 1.98. The number of nitrogens with one attached hydrogen (secondary N) is 2. The Morgan fingerprint density at radius 2 is 1.86 bits per heavy atom. The van der Waals surface area contributed by atoms with Crippen LogP contribution in [0.5, 0.6) is 0 Å². The van der Waals surface area contributed by atoms with Crippen molar-refractivity contribution < 1.29 is 22.8 Å². The van der Waals surface area contributed by atoms with Crippen LogP contribution in [0.25, 0.3) is 0 Å². The molecule has 0 bridgehead atoms. The number of nitrogens with zero attached hydrogens (tertiary/aromatic N) is 1. The molecule has 29 heavy (non-hydrogen) atoms. The highest BCUT2D eigenvalue weighted by Gasteiger charge is 2.33. The van der Waals surface area contributed by atoms with Crippen molar-refractivity contribution >= 4 is 28.9 Å². The van der Waals surface area contributed by atoms with E-state index in [-0.39, 0.29) is 18.0 Å². The first-order valence-corrected chi connectivity index (χ1v) is 9.40. The third-order valence-corrected chi connectivity index (χ3v) is 5.00. The van der Waals surface area contributed by atoms with Crippen LogP contribution in [-0.2, 0) is 15.8 Å². The highest BCUT2D eigenvalue weighted by molar-refractivity contribution is 6.06. The Kier molecular flexibility index (Phi) is 5.81. The van der Waals surface area contributed by atoms with Gasteiger partial charge in [-0.1, -0.05) is 18.2 Å². The minimum absolute atomic E-state index is 0.0671. The van der Waals surface area contributed by atoms with Gasteiger partial charge in [0.2, 0.25) is 11.8 Å². The second-order valence-electron chi connectivity index (χ2n) is 6.78. The van der Waals surface area contributed by atoms with E-state index in [4.69, 9.17) is 0 Å². The summed E-state index contributed by atoms with van der Waals surface area (Å²) in [6.45, 7) is 4.90. The summed E-state index contributed by atoms with van der Waals surface area (Å²) in [6, 6.07) is 10.2. The molecule has 1 aliphatic heterocycles. The van der Waals surface area contributed by atoms with Crippen LogP contribution in [0.1, 0.15) is 37.3 Å². The molecule has 1 atom stereocenters. The average molecular weight is 405 g/mol. The summed E-state index contributed by atoms with van der Waals surface area (Å²) in [5.41, 5.74) is 0.922. The molecule has 0 aromatic heterocycles. The molecule has 0 spiro atoms. The molecule has 2 N–H and O–H groups in total. The Labute approximate surface area is 166 Å². The predicted molar refractivity (Wildman–Crippen MR) is 106 cm³/mol. The van der Waals surface area contributed by atoms with Crippen molar-refractivity contribution in [2.45, 2.75) is 32.4 Å². The van der Waals surface area contributed by atoms with Gasteiger partial charge in [0, 0.05) is 25.2 Å². The van der Waals surface area contributed by atoms with Crippen LogP contribution in [0.3, 0.4) is 0 Å². The Morgan fingerprint density at radius 3 is 2.52 bits per heavy atom. The number of carbonyl (C=O) groups excluding carboxylic acids is 2. The molecule has 0 saturated heterocycles. The van der Waals surface area contributed by atoms with Gasteiger partial charge in [-0.2, -0.15) is 13.2 Å². The Hall–Kier alpha value is -3.03. The van der Waals surface area contributed by atoms with Crippen molar-refractivity contribution in [2.24, 2.45) is 0 Å². The first-order chi connectivity index (χ1) is 13.7. The van der Waals surface area contributed by atoms with Crippen molar-refractivity contribution in [2.75, 3.05) is 28.6 Å². The van der Waals surface area contributed by atoms with E-state index in [2.05, 4.69) is 10.6 Å². The Bertz CT molecular complexity index is 924. The van der Waals surface area contributed by atoms with Gasteiger partial charge in [0.25, 0.3) is 0 Å². The second-order valence-corrected chi connectivity index (χ2v) is 6.78. The maximum Gasteiger partial charge on any atom is 0.416 e. The van der Waals surface area contributed by atoms with Crippen LogP contribution in [0.15, 0.2) is 42.5 Å². The van der Waals surface area contributed by atoms with Crippen LogP contribution in [-0.4, -0.2) is 24.9 Å². The van der Waals surface area contributed by atoms with Gasteiger partial charge in [-0.05, 0) is 43.7 Å². The van der Waals surface area contributed by atoms with Gasteiger partial charge in [-0.3, -0.25) is 9.59 Å². The smallest absolute Gasteiger partial charge is 0.370 e. The van der Waals surface area contributed by atoms with Gasteiger partial charge < -0.3 is 15.5 Å². The molecule has 0 radical (unpaired) electrons. The number of rotatable bonds is 5. The van der Waals surface area contributed by atoms with Crippen molar-refractivity contribution in [3.63, 3.8) is 0 Å². The normalized spacial score (nSPS) is 16.0. The number of halogens is 3. The third kappa shape index (κ3) is 4.36. The molecule has 2 aromatic rings. The summed E-state index contributed by atoms with van der Waals surface area (Å²) >= 11 is 0. The predicted octanol–water partition coefficient (Wildman–Crippen LogP) is 4.62. The third-order valence-electron chi connectivity index (χ3n) is 5.00. The maximum absolute atomic E-state index is 13.2. The summed E-state index contributed by atoms with van der Waals surface area (Å²) in [5.74, 6) is -1.60. The number of carbonyl (C=O) groups is 2. The minimum atomic E-state index is -4.53. The SMILES string of the molecule is CCN(CC)c1ccc(C(F)(F)F)cc1NC(=O)C1CC(=O)Nc2ccccc21. The fraction of sp³-hybridized carbons (Fsp3) is 0.333. The van der Waals surface area contributed by atoms with E-state index in [1.807, 2.05) is 18.7 Å². The first kappa shape index (κ1) is 20.7. The van der Waals surface area contributed by atoms with E-state index in [0.29, 0.717) is 30.0 Å². The summed E-state index contributed by atoms with van der Waals surface area (Å²) in [4.78, 5) is 26.9. The number of fused-ring (bicyclic) bond motifs is 1. The van der Waals surface area contributed by atoms with E-state index >= 15 is 0 Å². The van der Waals surface area contributed by atoms with E-state index in [0.717, 1.165) is 12.1 Å². The number of hydrogen-bond donors (Lipinski definition) is 2. The van der Waals surface area contributed by atoms with Crippen molar-refractivity contribution in [1.29, 1.82) is 0 Å². The Morgan fingerprint density at radius 1 is 1.17 bits per heavy atom. The summed E-state index contributed by atoms with van der Waals surface area (Å²) < 4.78 is 39.7. The number of hydrogen-bond acceptors (Lipinski definition) is 3. The molecule has 2 aromatic carbocycles. The standard InChI is InChI=1S/C21H22F3N3O2/c1-3-27(4-2)18-10-9-13(21(22,23)24)11-17(18)26-20(29)15-12-19(28)25-16-8-6-5-7-14(15)16/h5-11,15H,3-4,12H2,1-2H3,(H,25,28)(H,26,29). The largest absolute Gasteiger partial charge is 0.416 e. The van der Waals surface area contributed by atoms with Crippen molar-refractivity contribution in [3.8, 4) is 0 Å². The topological polar surface area (TPSA) is 61.4 Å². The van der Waals surface area contributed by atoms with Crippen molar-refractivity contribution in [1.82, 2.24) is 0 Å². The van der Waals surface area contributed by atoms with E-state index in [9.17, 15) is 22.8 Å². The second kappa shape index (κ2) is 8.14. The van der Waals surface area contributed by atoms with Gasteiger partial charge in [0.1, 0.15) is 0 Å². The molecule has 0 saturated carbocycles. The first-order valence-electron chi connectivity index (χ1n) is 9.40. The molecule has 1 heterocycles. The molecule has 0 aliphatic carbocycles. The monoisotopic (exact) mass is 405 g/mol. The minimum Gasteiger partial charge on any atom is -0.370 e. The highest BCUT2D eigenvalue weighted by atomic mass is 19.4. The van der Waals surface area contributed by atoms with Crippen LogP contribution in [0, 0.1) is 0 Å². The number of benzene rings is 2. The number of alkyl halides is 3. The lowest BCUT2D eigenvalue weighted by Gasteiger charge is -2.28. The molecule has 5 nitrogen and oxygen atoms in total. The fourth-order valence-electron chi connectivity index (χ4n) is 3.52. The lowest BCUT2D eigenvalue weighted by molar-refractivity contribution is -0.137. The summed E-state index contributed by atoms with van der Waals surface area (Å²) in [5, 5.41) is 5.35. The molecule has 0 fully saturated rings. The van der Waals surface area contributed by atoms with E-state index in [1.165, 1.54) is 6.07 Å². The molecule has 2 amide bonds. The van der Waals surface area contributed by atoms with E-state index < -0.39 is 23.6 Å². The fourth-order valence-corrected chi connectivity index (χ4v) is 3.52. The quantitative estimate of drug-likeness (QED) is 0.763. The van der Waals surface area contributed by atoms with Crippen LogP contribution in [0.2, 0.25) is 0 Å². The lowest BCUT2D eigenvalue weighted by Crippen LogP contribution is -2.31. The van der Waals surface area contributed by atoms with Gasteiger partial charge >= 0.3 is 6.18 Å². The zero-order chi connectivity index (χ0) is 21.2. The molecule has 3 rings (SSSR count). The van der Waals surface area contributed by atoms with Gasteiger partial charge in [0.05, 0.1) is 22.9 Å². The number of anilines is 3. The molecule has 154 valence electrons. The van der Waals surface area contributed by atoms with Crippen LogP contribution in [0.4, 0.5) is 30.2 Å². The molecular weight excluding hydrogens is 383 g/mol. The van der Waals surface area contributed by atoms with Gasteiger partial charge in [-0.15, -0.1) is 0 Å². The summed E-state index contributed by atoms with van der Waals surface area (Å²) in [7, 11) is 0. The van der Waals surface area contributed by atoms with Crippen LogP contribution < -0.4 is 15.5 Å². The van der Waals surface area contributed by atoms with Crippen molar-refractivity contribution in [3.05, 3.63) is 53.6 Å². The zero-order valence-electron chi connectivity index (χ0n) is 16.1. The van der Waals surface area contributed by atoms with Gasteiger partial charge in [-0.25, -0.2) is 0 Å². The van der Waals surface area contributed by atoms with E-state index in [1.54, 1.807) is 24.3 Å². The van der Waals surface area contributed by atoms with Crippen LogP contribution >= 0.6 is 0 Å². The molecular formula is C21H22F3N3O2. The lowest BCUT2D eigenvalue weighted by atomic mass is 9.89. The number of para-hydroxylation sites is 1. The average Bonchev–Trinajstić information content (AvgIpc) is 2.68. The van der Waals surface area contributed by atoms with Gasteiger partial charge in [0.15, 0.2) is 0 Å². The maximum atomic E-state index is 13.2.